The fourth-order valence-electron chi connectivity index (χ4n) is 6.68. The SMILES string of the molecule is Nc1cc(Cl)cnc1N1CCN(C(=O)CCC(=O)O)CC1c1ccc(Cl)cc1.O=C(O)CCC(=O)N1CCN(c2ncc(Cl)cc2[N+](=O)[O-])C(c2ccc(Cl)cc2)C1. The third kappa shape index (κ3) is 11.4. The van der Waals surface area contributed by atoms with Crippen LogP contribution in [-0.4, -0.2) is 97.9 Å². The van der Waals surface area contributed by atoms with Crippen LogP contribution in [0.1, 0.15) is 48.9 Å². The number of anilines is 3. The monoisotopic (exact) mass is 874 g/mol. The normalized spacial score (nSPS) is 16.6. The van der Waals surface area contributed by atoms with Gasteiger partial charge in [0.1, 0.15) is 0 Å². The highest BCUT2D eigenvalue weighted by atomic mass is 35.5. The number of nitrogen functional groups attached to an aromatic ring is 1. The molecule has 4 N–H and O–H groups in total. The zero-order valence-corrected chi connectivity index (χ0v) is 33.7. The van der Waals surface area contributed by atoms with E-state index in [2.05, 4.69) is 9.97 Å². The van der Waals surface area contributed by atoms with E-state index in [-0.39, 0.29) is 79.7 Å². The van der Waals surface area contributed by atoms with Crippen LogP contribution in [-0.2, 0) is 19.2 Å². The predicted molar refractivity (Wildman–Crippen MR) is 220 cm³/mol. The fourth-order valence-corrected chi connectivity index (χ4v) is 7.25. The summed E-state index contributed by atoms with van der Waals surface area (Å²) in [6.45, 7) is 2.13. The number of carboxylic acid groups (broad SMARTS) is 2. The van der Waals surface area contributed by atoms with Gasteiger partial charge < -0.3 is 35.5 Å². The molecule has 4 aromatic rings. The first-order valence-electron chi connectivity index (χ1n) is 17.9. The number of hydrogen-bond acceptors (Lipinski definition) is 11. The van der Waals surface area contributed by atoms with Gasteiger partial charge in [0.05, 0.1) is 45.6 Å². The second-order valence-electron chi connectivity index (χ2n) is 13.3. The number of aliphatic carboxylic acids is 2. The maximum atomic E-state index is 12.5. The Balaban J connectivity index is 0.000000221. The van der Waals surface area contributed by atoms with Crippen LogP contribution in [0, 0.1) is 10.1 Å². The first kappa shape index (κ1) is 43.7. The fraction of sp³-hybridized carbons (Fsp3) is 0.316. The summed E-state index contributed by atoms with van der Waals surface area (Å²) >= 11 is 23.9. The average molecular weight is 877 g/mol. The zero-order chi connectivity index (χ0) is 42.1. The van der Waals surface area contributed by atoms with Crippen molar-refractivity contribution >= 4 is 93.2 Å². The van der Waals surface area contributed by atoms with E-state index >= 15 is 0 Å². The van der Waals surface area contributed by atoms with Crippen molar-refractivity contribution < 1.29 is 34.3 Å². The van der Waals surface area contributed by atoms with Crippen LogP contribution in [0.25, 0.3) is 0 Å². The number of halogens is 4. The summed E-state index contributed by atoms with van der Waals surface area (Å²) in [7, 11) is 0. The molecule has 0 aliphatic carbocycles. The van der Waals surface area contributed by atoms with Gasteiger partial charge in [-0.15, -0.1) is 0 Å². The van der Waals surface area contributed by atoms with Crippen molar-refractivity contribution in [2.75, 3.05) is 54.8 Å². The lowest BCUT2D eigenvalue weighted by atomic mass is 10.0. The molecule has 2 fully saturated rings. The molecule has 20 heteroatoms. The number of nitrogens with zero attached hydrogens (tertiary/aromatic N) is 7. The summed E-state index contributed by atoms with van der Waals surface area (Å²) in [5, 5.41) is 31.0. The lowest BCUT2D eigenvalue weighted by Crippen LogP contribution is -2.51. The van der Waals surface area contributed by atoms with E-state index < -0.39 is 22.9 Å². The van der Waals surface area contributed by atoms with Crippen LogP contribution in [0.3, 0.4) is 0 Å². The van der Waals surface area contributed by atoms with Gasteiger partial charge >= 0.3 is 17.6 Å². The molecule has 2 aromatic heterocycles. The molecule has 2 atom stereocenters. The smallest absolute Gasteiger partial charge is 0.313 e. The highest BCUT2D eigenvalue weighted by molar-refractivity contribution is 6.31. The first-order chi connectivity index (χ1) is 27.6. The lowest BCUT2D eigenvalue weighted by Gasteiger charge is -2.42. The zero-order valence-electron chi connectivity index (χ0n) is 30.7. The standard InChI is InChI=1S/C19H18Cl2N4O5.C19H20Cl2N4O3/c20-13-3-1-12(2-4-13)16-11-23(17(26)5-6-18(27)28)7-8-24(16)19-15(25(29)30)9-14(21)10-22-19;20-13-3-1-12(2-4-13)16-11-24(17(26)5-6-18(27)28)7-8-25(16)19-15(22)9-14(21)10-23-19/h1-4,9-10,16H,5-8,11H2,(H,27,28);1-4,9-10,16H,5-8,11,22H2,(H,27,28). The molecule has 2 aliphatic rings. The molecule has 2 unspecified atom stereocenters. The van der Waals surface area contributed by atoms with Crippen LogP contribution in [0.2, 0.25) is 20.1 Å². The number of aromatic nitrogens is 2. The van der Waals surface area contributed by atoms with Crippen LogP contribution in [0.15, 0.2) is 73.1 Å². The molecule has 2 aliphatic heterocycles. The van der Waals surface area contributed by atoms with Gasteiger partial charge in [-0.2, -0.15) is 0 Å². The predicted octanol–water partition coefficient (Wildman–Crippen LogP) is 6.78. The van der Waals surface area contributed by atoms with Crippen molar-refractivity contribution in [2.24, 2.45) is 0 Å². The number of carboxylic acids is 2. The number of nitrogens with two attached hydrogens (primary N) is 1. The Morgan fingerprint density at radius 2 is 1.07 bits per heavy atom. The molecule has 2 saturated heterocycles. The number of pyridine rings is 2. The number of carbonyl (C=O) groups is 4. The molecule has 0 saturated carbocycles. The molecular weight excluding hydrogens is 838 g/mol. The maximum Gasteiger partial charge on any atom is 0.313 e. The van der Waals surface area contributed by atoms with Gasteiger partial charge in [-0.25, -0.2) is 9.97 Å². The molecule has 0 radical (unpaired) electrons. The van der Waals surface area contributed by atoms with Crippen molar-refractivity contribution in [3.8, 4) is 0 Å². The van der Waals surface area contributed by atoms with Gasteiger partial charge in [0, 0.05) is 80.6 Å². The summed E-state index contributed by atoms with van der Waals surface area (Å²) in [4.78, 5) is 73.2. The van der Waals surface area contributed by atoms with Crippen LogP contribution < -0.4 is 15.5 Å². The molecule has 0 bridgehead atoms. The Morgan fingerprint density at radius 3 is 1.48 bits per heavy atom. The van der Waals surface area contributed by atoms with Crippen LogP contribution in [0.5, 0.6) is 0 Å². The topological polar surface area (TPSA) is 217 Å². The van der Waals surface area contributed by atoms with E-state index in [4.69, 9.17) is 62.4 Å². The highest BCUT2D eigenvalue weighted by Gasteiger charge is 2.36. The third-order valence-electron chi connectivity index (χ3n) is 9.50. The number of benzene rings is 2. The summed E-state index contributed by atoms with van der Waals surface area (Å²) in [5.41, 5.74) is 8.11. The van der Waals surface area contributed by atoms with Crippen LogP contribution >= 0.6 is 46.4 Å². The van der Waals surface area contributed by atoms with Crippen molar-refractivity contribution in [3.05, 3.63) is 114 Å². The van der Waals surface area contributed by atoms with Crippen molar-refractivity contribution in [2.45, 2.75) is 37.8 Å². The van der Waals surface area contributed by atoms with E-state index in [0.717, 1.165) is 11.1 Å². The number of amides is 2. The third-order valence-corrected chi connectivity index (χ3v) is 10.4. The van der Waals surface area contributed by atoms with Gasteiger partial charge in [0.25, 0.3) is 0 Å². The summed E-state index contributed by atoms with van der Waals surface area (Å²) in [6.07, 6.45) is 2.31. The number of carbonyl (C=O) groups excluding carboxylic acids is 2. The molecular formula is C38H38Cl4N8O8. The molecule has 2 amide bonds. The molecule has 2 aromatic carbocycles. The molecule has 6 rings (SSSR count). The summed E-state index contributed by atoms with van der Waals surface area (Å²) in [5.74, 6) is -1.74. The van der Waals surface area contributed by atoms with Gasteiger partial charge in [0.2, 0.25) is 17.6 Å². The average Bonchev–Trinajstić information content (AvgIpc) is 3.19. The Morgan fingerprint density at radius 1 is 0.655 bits per heavy atom. The number of hydrogen-bond donors (Lipinski definition) is 3. The van der Waals surface area contributed by atoms with E-state index in [1.807, 2.05) is 17.0 Å². The molecule has 58 heavy (non-hydrogen) atoms. The molecule has 0 spiro atoms. The highest BCUT2D eigenvalue weighted by Crippen LogP contribution is 2.37. The van der Waals surface area contributed by atoms with E-state index in [1.165, 1.54) is 18.5 Å². The minimum absolute atomic E-state index is 0.0238. The number of rotatable bonds is 11. The van der Waals surface area contributed by atoms with Crippen molar-refractivity contribution in [3.63, 3.8) is 0 Å². The van der Waals surface area contributed by atoms with Gasteiger partial charge in [-0.3, -0.25) is 29.3 Å². The van der Waals surface area contributed by atoms with Crippen molar-refractivity contribution in [1.82, 2.24) is 19.8 Å². The largest absolute Gasteiger partial charge is 0.481 e. The second-order valence-corrected chi connectivity index (χ2v) is 15.1. The minimum atomic E-state index is -1.04. The van der Waals surface area contributed by atoms with Gasteiger partial charge in [0.15, 0.2) is 5.82 Å². The summed E-state index contributed by atoms with van der Waals surface area (Å²) in [6, 6.07) is 16.6. The maximum absolute atomic E-state index is 12.5. The number of piperazine rings is 2. The van der Waals surface area contributed by atoms with Gasteiger partial charge in [-0.1, -0.05) is 70.7 Å². The van der Waals surface area contributed by atoms with E-state index in [9.17, 15) is 29.3 Å². The lowest BCUT2D eigenvalue weighted by molar-refractivity contribution is -0.384. The van der Waals surface area contributed by atoms with Gasteiger partial charge in [-0.05, 0) is 41.5 Å². The molecule has 16 nitrogen and oxygen atoms in total. The minimum Gasteiger partial charge on any atom is -0.481 e. The van der Waals surface area contributed by atoms with E-state index in [1.54, 1.807) is 57.2 Å². The van der Waals surface area contributed by atoms with Crippen molar-refractivity contribution in [1.29, 1.82) is 0 Å². The molecule has 4 heterocycles. The first-order valence-corrected chi connectivity index (χ1v) is 19.4. The molecule has 306 valence electrons. The summed E-state index contributed by atoms with van der Waals surface area (Å²) < 4.78 is 0. The quantitative estimate of drug-likeness (QED) is 0.105. The Labute approximate surface area is 352 Å². The Hall–Kier alpha value is -5.42. The Kier molecular flexibility index (Phi) is 14.9. The Bertz CT molecular complexity index is 2150. The van der Waals surface area contributed by atoms with Crippen LogP contribution in [0.4, 0.5) is 23.0 Å². The van der Waals surface area contributed by atoms with E-state index in [0.29, 0.717) is 46.2 Å². The number of nitro groups is 1. The second kappa shape index (κ2) is 19.8.